The van der Waals surface area contributed by atoms with Crippen molar-refractivity contribution < 1.29 is 46.3 Å². The number of halogens is 4. The number of hydrogen-bond acceptors (Lipinski definition) is 3. The molecule has 1 aromatic rings. The van der Waals surface area contributed by atoms with Gasteiger partial charge in [0.1, 0.15) is 0 Å². The van der Waals surface area contributed by atoms with Crippen molar-refractivity contribution in [1.29, 1.82) is 0 Å². The first kappa shape index (κ1) is 18.5. The van der Waals surface area contributed by atoms with Gasteiger partial charge < -0.3 is 19.6 Å². The van der Waals surface area contributed by atoms with Crippen LogP contribution < -0.4 is 5.32 Å². The van der Waals surface area contributed by atoms with Crippen LogP contribution in [0.3, 0.4) is 0 Å². The van der Waals surface area contributed by atoms with Gasteiger partial charge in [-0.3, -0.25) is 14.4 Å². The lowest BCUT2D eigenvalue weighted by Crippen LogP contribution is -2.32. The number of rotatable bonds is 4. The van der Waals surface area contributed by atoms with Crippen LogP contribution in [-0.4, -0.2) is 25.1 Å². The summed E-state index contributed by atoms with van der Waals surface area (Å²) in [6.45, 7) is 0. The smallest absolute Gasteiger partial charge is 0.323 e. The van der Waals surface area contributed by atoms with Crippen molar-refractivity contribution >= 4 is 15.2 Å². The second-order valence-electron chi connectivity index (χ2n) is 4.96. The molecule has 0 fully saturated rings. The predicted molar refractivity (Wildman–Crippen MR) is 68.3 cm³/mol. The van der Waals surface area contributed by atoms with E-state index >= 15 is 0 Å². The van der Waals surface area contributed by atoms with E-state index in [4.69, 9.17) is 19.6 Å². The van der Waals surface area contributed by atoms with Gasteiger partial charge in [-0.05, 0) is 18.4 Å². The van der Waals surface area contributed by atoms with Gasteiger partial charge >= 0.3 is 15.2 Å². The van der Waals surface area contributed by atoms with Crippen LogP contribution in [0, 0.1) is 23.3 Å². The van der Waals surface area contributed by atoms with Gasteiger partial charge in [0.15, 0.2) is 23.3 Å². The molecule has 0 spiro atoms. The van der Waals surface area contributed by atoms with Gasteiger partial charge in [-0.15, -0.1) is 0 Å². The molecule has 23 heavy (non-hydrogen) atoms. The molecule has 5 N–H and O–H groups in total. The van der Waals surface area contributed by atoms with Gasteiger partial charge in [-0.2, -0.15) is 0 Å². The highest BCUT2D eigenvalue weighted by molar-refractivity contribution is 7.70. The molecule has 2 rings (SSSR count). The van der Waals surface area contributed by atoms with Crippen molar-refractivity contribution in [2.75, 3.05) is 0 Å². The van der Waals surface area contributed by atoms with Gasteiger partial charge in [0.05, 0.1) is 0 Å². The summed E-state index contributed by atoms with van der Waals surface area (Å²) in [4.78, 5) is 36.0. The van der Waals surface area contributed by atoms with Crippen LogP contribution in [0.1, 0.15) is 23.6 Å². The molecular formula is C10H11F4NO6P2. The maximum Gasteiger partial charge on any atom is 0.354 e. The standard InChI is InChI=1S/C10H11F4NO6P2/c11-6-3-1-2-4(5(3)7(12)9(14)8(6)13)15-10(22(16,17)18)23(19,20)21/h4,10,15H,1-2H2,(H2,16,17,18)(H2,19,20,21). The van der Waals surface area contributed by atoms with Gasteiger partial charge in [0, 0.05) is 11.6 Å². The molecule has 1 aliphatic rings. The Morgan fingerprint density at radius 1 is 0.913 bits per heavy atom. The third kappa shape index (κ3) is 3.36. The average molecular weight is 379 g/mol. The number of nitrogens with one attached hydrogen (secondary N) is 1. The second-order valence-corrected chi connectivity index (χ2v) is 8.75. The van der Waals surface area contributed by atoms with Crippen LogP contribution in [0.25, 0.3) is 0 Å². The fourth-order valence-corrected chi connectivity index (χ4v) is 4.79. The SMILES string of the molecule is O=P(O)(O)C(NC1CCc2c(F)c(F)c(F)c(F)c21)P(=O)(O)O. The highest BCUT2D eigenvalue weighted by Crippen LogP contribution is 2.59. The summed E-state index contributed by atoms with van der Waals surface area (Å²) in [5.74, 6) is -7.56. The lowest BCUT2D eigenvalue weighted by Gasteiger charge is -2.25. The normalized spacial score (nSPS) is 18.6. The lowest BCUT2D eigenvalue weighted by molar-refractivity contribution is 0.318. The van der Waals surface area contributed by atoms with Gasteiger partial charge in [-0.25, -0.2) is 17.6 Å². The minimum atomic E-state index is -5.37. The molecule has 0 heterocycles. The molecule has 1 unspecified atom stereocenters. The largest absolute Gasteiger partial charge is 0.354 e. The highest BCUT2D eigenvalue weighted by Gasteiger charge is 2.46. The third-order valence-corrected chi connectivity index (χ3v) is 6.80. The molecule has 0 aliphatic heterocycles. The van der Waals surface area contributed by atoms with Crippen LogP contribution in [0.15, 0.2) is 0 Å². The van der Waals surface area contributed by atoms with Crippen LogP contribution >= 0.6 is 15.2 Å². The van der Waals surface area contributed by atoms with E-state index in [2.05, 4.69) is 0 Å². The van der Waals surface area contributed by atoms with Crippen molar-refractivity contribution in [2.45, 2.75) is 24.4 Å². The minimum absolute atomic E-state index is 0.261. The molecule has 1 aromatic carbocycles. The second kappa shape index (κ2) is 5.93. The van der Waals surface area contributed by atoms with E-state index in [0.717, 1.165) is 0 Å². The maximum absolute atomic E-state index is 13.8. The van der Waals surface area contributed by atoms with Crippen LogP contribution in [0.4, 0.5) is 17.6 Å². The summed E-state index contributed by atoms with van der Waals surface area (Å²) in [5, 5.41) is 1.84. The van der Waals surface area contributed by atoms with Crippen molar-refractivity contribution in [1.82, 2.24) is 5.32 Å². The van der Waals surface area contributed by atoms with E-state index in [1.165, 1.54) is 0 Å². The van der Waals surface area contributed by atoms with Gasteiger partial charge in [0.2, 0.25) is 5.52 Å². The van der Waals surface area contributed by atoms with Crippen LogP contribution in [-0.2, 0) is 15.6 Å². The Morgan fingerprint density at radius 3 is 1.87 bits per heavy atom. The van der Waals surface area contributed by atoms with E-state index in [-0.39, 0.29) is 12.8 Å². The van der Waals surface area contributed by atoms with Gasteiger partial charge in [-0.1, -0.05) is 0 Å². The summed E-state index contributed by atoms with van der Waals surface area (Å²) in [5.41, 5.74) is -3.97. The summed E-state index contributed by atoms with van der Waals surface area (Å²) >= 11 is 0. The molecule has 0 radical (unpaired) electrons. The fourth-order valence-electron chi connectivity index (χ4n) is 2.47. The Labute approximate surface area is 126 Å². The van der Waals surface area contributed by atoms with E-state index in [9.17, 15) is 26.7 Å². The Hall–Kier alpha value is -0.800. The molecule has 1 atom stereocenters. The van der Waals surface area contributed by atoms with Crippen LogP contribution in [0.2, 0.25) is 0 Å². The molecule has 0 saturated carbocycles. The Balaban J connectivity index is 2.48. The zero-order chi connectivity index (χ0) is 17.7. The summed E-state index contributed by atoms with van der Waals surface area (Å²) in [6, 6.07) is -1.50. The molecule has 130 valence electrons. The average Bonchev–Trinajstić information content (AvgIpc) is 2.81. The first-order chi connectivity index (χ1) is 10.4. The maximum atomic E-state index is 13.8. The van der Waals surface area contributed by atoms with E-state index in [0.29, 0.717) is 0 Å². The first-order valence-corrected chi connectivity index (χ1v) is 9.43. The quantitative estimate of drug-likeness (QED) is 0.232. The molecule has 7 nitrogen and oxygen atoms in total. The Morgan fingerprint density at radius 2 is 1.39 bits per heavy atom. The van der Waals surface area contributed by atoms with Gasteiger partial charge in [0.25, 0.3) is 0 Å². The zero-order valence-corrected chi connectivity index (χ0v) is 12.9. The van der Waals surface area contributed by atoms with Crippen molar-refractivity contribution in [3.63, 3.8) is 0 Å². The third-order valence-electron chi connectivity index (χ3n) is 3.42. The van der Waals surface area contributed by atoms with Crippen molar-refractivity contribution in [2.24, 2.45) is 0 Å². The van der Waals surface area contributed by atoms with E-state index in [1.807, 2.05) is 5.32 Å². The summed E-state index contributed by atoms with van der Waals surface area (Å²) in [6.07, 6.45) is -0.565. The highest BCUT2D eigenvalue weighted by atomic mass is 31.2. The van der Waals surface area contributed by atoms with E-state index in [1.54, 1.807) is 0 Å². The molecule has 0 amide bonds. The minimum Gasteiger partial charge on any atom is -0.323 e. The zero-order valence-electron chi connectivity index (χ0n) is 11.1. The topological polar surface area (TPSA) is 127 Å². The monoisotopic (exact) mass is 379 g/mol. The van der Waals surface area contributed by atoms with Crippen molar-refractivity contribution in [3.8, 4) is 0 Å². The molecule has 0 bridgehead atoms. The Kier molecular flexibility index (Phi) is 4.78. The number of fused-ring (bicyclic) bond motifs is 1. The number of benzene rings is 1. The molecule has 0 saturated heterocycles. The number of hydrogen-bond donors (Lipinski definition) is 5. The van der Waals surface area contributed by atoms with Crippen LogP contribution in [0.5, 0.6) is 0 Å². The molecule has 1 aliphatic carbocycles. The fraction of sp³-hybridized carbons (Fsp3) is 0.400. The summed E-state index contributed by atoms with van der Waals surface area (Å²) < 4.78 is 76.3. The lowest BCUT2D eigenvalue weighted by atomic mass is 10.1. The molecule has 0 aromatic heterocycles. The van der Waals surface area contributed by atoms with Crippen molar-refractivity contribution in [3.05, 3.63) is 34.4 Å². The first-order valence-electron chi connectivity index (χ1n) is 6.07. The molecular weight excluding hydrogens is 368 g/mol. The van der Waals surface area contributed by atoms with E-state index < -0.39 is 61.2 Å². The summed E-state index contributed by atoms with van der Waals surface area (Å²) in [7, 11) is -10.7. The Bertz CT molecular complexity index is 726. The predicted octanol–water partition coefficient (Wildman–Crippen LogP) is 1.46. The molecule has 13 heteroatoms.